The Labute approximate surface area is 254 Å². The van der Waals surface area contributed by atoms with Crippen LogP contribution < -0.4 is 4.90 Å². The SMILES string of the molecule is c1ccc(-c2nc(-c3ccccc3)nc(-c3cccc4oc5cc(N(c6ccccc6)c6ccccc6)ccc5c34)n2)cc1. The van der Waals surface area contributed by atoms with Crippen LogP contribution in [0.2, 0.25) is 0 Å². The normalized spacial score (nSPS) is 11.2. The van der Waals surface area contributed by atoms with Crippen LogP contribution >= 0.6 is 0 Å². The third-order valence-corrected chi connectivity index (χ3v) is 7.71. The summed E-state index contributed by atoms with van der Waals surface area (Å²) in [6.07, 6.45) is 0. The van der Waals surface area contributed by atoms with Gasteiger partial charge in [-0.05, 0) is 42.5 Å². The van der Waals surface area contributed by atoms with E-state index >= 15 is 0 Å². The van der Waals surface area contributed by atoms with Crippen molar-refractivity contribution >= 4 is 39.0 Å². The van der Waals surface area contributed by atoms with Crippen molar-refractivity contribution in [2.45, 2.75) is 0 Å². The second-order valence-electron chi connectivity index (χ2n) is 10.5. The fraction of sp³-hybridized carbons (Fsp3) is 0. The monoisotopic (exact) mass is 566 g/mol. The smallest absolute Gasteiger partial charge is 0.164 e. The van der Waals surface area contributed by atoms with Crippen molar-refractivity contribution in [3.63, 3.8) is 0 Å². The molecule has 0 unspecified atom stereocenters. The van der Waals surface area contributed by atoms with E-state index in [1.807, 2.05) is 84.9 Å². The van der Waals surface area contributed by atoms with Crippen molar-refractivity contribution in [3.05, 3.63) is 158 Å². The van der Waals surface area contributed by atoms with E-state index < -0.39 is 0 Å². The molecule has 208 valence electrons. The summed E-state index contributed by atoms with van der Waals surface area (Å²) in [6, 6.07) is 53.3. The van der Waals surface area contributed by atoms with E-state index in [1.165, 1.54) is 0 Å². The topological polar surface area (TPSA) is 55.1 Å². The maximum Gasteiger partial charge on any atom is 0.164 e. The molecule has 0 aliphatic carbocycles. The van der Waals surface area contributed by atoms with Crippen LogP contribution in [0, 0.1) is 0 Å². The molecule has 2 heterocycles. The van der Waals surface area contributed by atoms with Gasteiger partial charge in [0, 0.05) is 50.6 Å². The van der Waals surface area contributed by atoms with E-state index in [0.717, 1.165) is 55.7 Å². The van der Waals surface area contributed by atoms with Crippen molar-refractivity contribution in [3.8, 4) is 34.2 Å². The molecular formula is C39H26N4O. The van der Waals surface area contributed by atoms with Gasteiger partial charge in [-0.1, -0.05) is 109 Å². The Morgan fingerprint density at radius 2 is 0.932 bits per heavy atom. The van der Waals surface area contributed by atoms with Crippen molar-refractivity contribution in [1.82, 2.24) is 15.0 Å². The van der Waals surface area contributed by atoms with Crippen LogP contribution in [0.15, 0.2) is 162 Å². The van der Waals surface area contributed by atoms with Crippen molar-refractivity contribution in [2.75, 3.05) is 4.90 Å². The van der Waals surface area contributed by atoms with Crippen LogP contribution in [0.5, 0.6) is 0 Å². The molecule has 0 bridgehead atoms. The summed E-state index contributed by atoms with van der Waals surface area (Å²) < 4.78 is 6.51. The Bertz CT molecular complexity index is 2120. The summed E-state index contributed by atoms with van der Waals surface area (Å²) >= 11 is 0. The van der Waals surface area contributed by atoms with Gasteiger partial charge in [-0.2, -0.15) is 0 Å². The van der Waals surface area contributed by atoms with Gasteiger partial charge < -0.3 is 9.32 Å². The molecule has 0 radical (unpaired) electrons. The first-order valence-electron chi connectivity index (χ1n) is 14.5. The van der Waals surface area contributed by atoms with Gasteiger partial charge in [0.15, 0.2) is 17.5 Å². The minimum absolute atomic E-state index is 0.602. The van der Waals surface area contributed by atoms with Gasteiger partial charge in [0.2, 0.25) is 0 Å². The first kappa shape index (κ1) is 25.6. The molecule has 6 aromatic carbocycles. The summed E-state index contributed by atoms with van der Waals surface area (Å²) in [4.78, 5) is 17.1. The van der Waals surface area contributed by atoms with Crippen LogP contribution in [0.25, 0.3) is 56.1 Å². The highest BCUT2D eigenvalue weighted by atomic mass is 16.3. The molecule has 5 nitrogen and oxygen atoms in total. The molecule has 0 amide bonds. The van der Waals surface area contributed by atoms with E-state index in [2.05, 4.69) is 77.7 Å². The third kappa shape index (κ3) is 4.67. The number of furan rings is 1. The molecule has 2 aromatic heterocycles. The highest BCUT2D eigenvalue weighted by Crippen LogP contribution is 2.40. The number of hydrogen-bond donors (Lipinski definition) is 0. The molecule has 0 saturated carbocycles. The van der Waals surface area contributed by atoms with Gasteiger partial charge in [-0.3, -0.25) is 0 Å². The van der Waals surface area contributed by atoms with Crippen molar-refractivity contribution in [2.24, 2.45) is 0 Å². The largest absolute Gasteiger partial charge is 0.456 e. The lowest BCUT2D eigenvalue weighted by Crippen LogP contribution is -2.09. The Balaban J connectivity index is 1.31. The Morgan fingerprint density at radius 1 is 0.409 bits per heavy atom. The lowest BCUT2D eigenvalue weighted by Gasteiger charge is -2.25. The molecule has 0 aliphatic heterocycles. The molecule has 5 heteroatoms. The van der Waals surface area contributed by atoms with Gasteiger partial charge in [0.05, 0.1) is 0 Å². The molecule has 0 N–H and O–H groups in total. The van der Waals surface area contributed by atoms with Crippen molar-refractivity contribution in [1.29, 1.82) is 0 Å². The number of fused-ring (bicyclic) bond motifs is 3. The highest BCUT2D eigenvalue weighted by Gasteiger charge is 2.19. The van der Waals surface area contributed by atoms with Gasteiger partial charge in [-0.15, -0.1) is 0 Å². The van der Waals surface area contributed by atoms with Gasteiger partial charge in [0.1, 0.15) is 11.2 Å². The van der Waals surface area contributed by atoms with E-state index in [1.54, 1.807) is 0 Å². The lowest BCUT2D eigenvalue weighted by atomic mass is 10.0. The summed E-state index contributed by atoms with van der Waals surface area (Å²) in [5, 5.41) is 1.98. The quantitative estimate of drug-likeness (QED) is 0.200. The van der Waals surface area contributed by atoms with E-state index in [-0.39, 0.29) is 0 Å². The molecule has 0 spiro atoms. The second-order valence-corrected chi connectivity index (χ2v) is 10.5. The molecule has 0 atom stereocenters. The third-order valence-electron chi connectivity index (χ3n) is 7.71. The van der Waals surface area contributed by atoms with Crippen LogP contribution in [0.4, 0.5) is 17.1 Å². The maximum absolute atomic E-state index is 6.51. The fourth-order valence-corrected chi connectivity index (χ4v) is 5.67. The summed E-state index contributed by atoms with van der Waals surface area (Å²) in [7, 11) is 0. The predicted octanol–water partition coefficient (Wildman–Crippen LogP) is 10.2. The number of aromatic nitrogens is 3. The number of benzene rings is 6. The van der Waals surface area contributed by atoms with Gasteiger partial charge >= 0.3 is 0 Å². The Hall–Kier alpha value is -6.07. The zero-order valence-corrected chi connectivity index (χ0v) is 23.7. The first-order valence-corrected chi connectivity index (χ1v) is 14.5. The molecule has 0 fully saturated rings. The zero-order chi connectivity index (χ0) is 29.3. The van der Waals surface area contributed by atoms with Crippen LogP contribution in [0.1, 0.15) is 0 Å². The van der Waals surface area contributed by atoms with E-state index in [0.29, 0.717) is 17.5 Å². The standard InChI is InChI=1S/C39H26N4O/c1-5-14-27(15-6-1)37-40-38(28-16-7-2-8-17-28)42-39(41-37)33-22-13-23-34-36(33)32-25-24-31(26-35(32)44-34)43(29-18-9-3-10-19-29)30-20-11-4-12-21-30/h1-26H. The van der Waals surface area contributed by atoms with Crippen molar-refractivity contribution < 1.29 is 4.42 Å². The summed E-state index contributed by atoms with van der Waals surface area (Å²) in [5.41, 5.74) is 7.49. The van der Waals surface area contributed by atoms with E-state index in [9.17, 15) is 0 Å². The second kappa shape index (κ2) is 11.0. The lowest BCUT2D eigenvalue weighted by molar-refractivity contribution is 0.669. The Morgan fingerprint density at radius 3 is 1.50 bits per heavy atom. The van der Waals surface area contributed by atoms with E-state index in [4.69, 9.17) is 19.4 Å². The number of anilines is 3. The molecule has 0 aliphatic rings. The number of nitrogens with zero attached hydrogens (tertiary/aromatic N) is 4. The molecule has 44 heavy (non-hydrogen) atoms. The van der Waals surface area contributed by atoms with Crippen LogP contribution in [-0.4, -0.2) is 15.0 Å². The fourth-order valence-electron chi connectivity index (χ4n) is 5.67. The summed E-state index contributed by atoms with van der Waals surface area (Å²) in [6.45, 7) is 0. The molecule has 8 rings (SSSR count). The first-order chi connectivity index (χ1) is 21.8. The Kier molecular flexibility index (Phi) is 6.39. The minimum Gasteiger partial charge on any atom is -0.456 e. The zero-order valence-electron chi connectivity index (χ0n) is 23.7. The maximum atomic E-state index is 6.51. The van der Waals surface area contributed by atoms with Crippen LogP contribution in [-0.2, 0) is 0 Å². The number of hydrogen-bond acceptors (Lipinski definition) is 5. The summed E-state index contributed by atoms with van der Waals surface area (Å²) in [5.74, 6) is 1.86. The average molecular weight is 567 g/mol. The number of para-hydroxylation sites is 2. The molecular weight excluding hydrogens is 540 g/mol. The number of rotatable bonds is 6. The minimum atomic E-state index is 0.602. The molecule has 8 aromatic rings. The predicted molar refractivity (Wildman–Crippen MR) is 178 cm³/mol. The van der Waals surface area contributed by atoms with Gasteiger partial charge in [0.25, 0.3) is 0 Å². The van der Waals surface area contributed by atoms with Crippen LogP contribution in [0.3, 0.4) is 0 Å². The molecule has 0 saturated heterocycles. The highest BCUT2D eigenvalue weighted by molar-refractivity contribution is 6.12. The average Bonchev–Trinajstić information content (AvgIpc) is 3.48. The van der Waals surface area contributed by atoms with Gasteiger partial charge in [-0.25, -0.2) is 15.0 Å².